The van der Waals surface area contributed by atoms with Crippen LogP contribution in [0.5, 0.6) is 0 Å². The van der Waals surface area contributed by atoms with Gasteiger partial charge in [0.1, 0.15) is 18.5 Å². The lowest BCUT2D eigenvalue weighted by molar-refractivity contribution is -0.150. The van der Waals surface area contributed by atoms with Crippen molar-refractivity contribution in [3.8, 4) is 0 Å². The molecule has 1 rings (SSSR count). The third-order valence-electron chi connectivity index (χ3n) is 11.6. The van der Waals surface area contributed by atoms with Crippen molar-refractivity contribution in [3.05, 3.63) is 0 Å². The first-order valence-corrected chi connectivity index (χ1v) is 25.6. The summed E-state index contributed by atoms with van der Waals surface area (Å²) < 4.78 is 16.0. The third-order valence-corrected chi connectivity index (χ3v) is 11.6. The van der Waals surface area contributed by atoms with E-state index in [1.807, 2.05) is 19.0 Å². The highest BCUT2D eigenvalue weighted by atomic mass is 16.5. The van der Waals surface area contributed by atoms with Gasteiger partial charge in [-0.15, -0.1) is 0 Å². The van der Waals surface area contributed by atoms with E-state index in [0.29, 0.717) is 32.3 Å². The minimum atomic E-state index is -0.0897. The number of carbonyl (C=O) groups is 4. The van der Waals surface area contributed by atoms with Crippen molar-refractivity contribution in [2.75, 3.05) is 53.9 Å². The number of likely N-dealkylation sites (tertiary alicyclic amines) is 1. The number of ether oxygens (including phenoxy) is 3. The van der Waals surface area contributed by atoms with Crippen molar-refractivity contribution in [1.82, 2.24) is 15.1 Å². The number of rotatable bonds is 41. The van der Waals surface area contributed by atoms with Crippen LogP contribution in [0.2, 0.25) is 0 Å². The Morgan fingerprint density at radius 2 is 1.18 bits per heavy atom. The fourth-order valence-electron chi connectivity index (χ4n) is 7.60. The first kappa shape index (κ1) is 61.0. The van der Waals surface area contributed by atoms with Gasteiger partial charge >= 0.3 is 11.9 Å². The van der Waals surface area contributed by atoms with Gasteiger partial charge in [0.25, 0.3) is 6.47 Å². The quantitative estimate of drug-likeness (QED) is 0.0276. The zero-order valence-corrected chi connectivity index (χ0v) is 41.3. The average molecular weight is 868 g/mol. The van der Waals surface area contributed by atoms with Crippen LogP contribution in [0.25, 0.3) is 0 Å². The molecule has 0 radical (unpaired) electrons. The summed E-state index contributed by atoms with van der Waals surface area (Å²) in [5.41, 5.74) is 0. The van der Waals surface area contributed by atoms with Crippen LogP contribution in [0.15, 0.2) is 0 Å². The molecule has 1 N–H and O–H groups in total. The molecule has 1 unspecified atom stereocenters. The number of aldehydes is 1. The number of hydrogen-bond donors (Lipinski definition) is 1. The first-order valence-electron chi connectivity index (χ1n) is 25.6. The molecule has 10 heteroatoms. The lowest BCUT2D eigenvalue weighted by atomic mass is 10.0. The van der Waals surface area contributed by atoms with Gasteiger partial charge in [0.2, 0.25) is 0 Å². The molecular weight excluding hydrogens is 767 g/mol. The fourth-order valence-corrected chi connectivity index (χ4v) is 7.60. The highest BCUT2D eigenvalue weighted by Gasteiger charge is 2.25. The van der Waals surface area contributed by atoms with Crippen molar-refractivity contribution < 1.29 is 33.4 Å². The molecule has 1 fully saturated rings. The molecule has 0 aromatic rings. The molecule has 1 saturated heterocycles. The molecule has 0 saturated carbocycles. The van der Waals surface area contributed by atoms with E-state index in [2.05, 4.69) is 49.7 Å². The smallest absolute Gasteiger partial charge is 0.307 e. The Bertz CT molecular complexity index is 915. The largest absolute Gasteiger partial charge is 0.468 e. The molecule has 362 valence electrons. The molecule has 10 nitrogen and oxygen atoms in total. The van der Waals surface area contributed by atoms with Crippen molar-refractivity contribution >= 4 is 24.7 Å². The van der Waals surface area contributed by atoms with Crippen molar-refractivity contribution in [3.63, 3.8) is 0 Å². The van der Waals surface area contributed by atoms with Gasteiger partial charge < -0.3 is 29.2 Å². The fraction of sp³-hybridized carbons (Fsp3) is 0.922. The third kappa shape index (κ3) is 45.8. The number of hydrogen-bond acceptors (Lipinski definition) is 10. The van der Waals surface area contributed by atoms with Gasteiger partial charge in [-0.2, -0.15) is 0 Å². The van der Waals surface area contributed by atoms with Gasteiger partial charge in [-0.1, -0.05) is 143 Å². The molecule has 1 aliphatic rings. The minimum absolute atomic E-state index is 0.0122. The van der Waals surface area contributed by atoms with E-state index in [1.165, 1.54) is 116 Å². The van der Waals surface area contributed by atoms with Crippen LogP contribution >= 0.6 is 0 Å². The van der Waals surface area contributed by atoms with E-state index in [1.54, 1.807) is 0 Å². The maximum Gasteiger partial charge on any atom is 0.307 e. The Morgan fingerprint density at radius 3 is 1.70 bits per heavy atom. The molecule has 0 aromatic heterocycles. The monoisotopic (exact) mass is 868 g/mol. The normalized spacial score (nSPS) is 13.8. The topological polar surface area (TPSA) is 114 Å². The number of unbranched alkanes of at least 4 members (excludes halogenated alkanes) is 19. The van der Waals surface area contributed by atoms with Gasteiger partial charge in [0.15, 0.2) is 0 Å². The molecule has 61 heavy (non-hydrogen) atoms. The van der Waals surface area contributed by atoms with Crippen LogP contribution < -0.4 is 5.32 Å². The summed E-state index contributed by atoms with van der Waals surface area (Å²) in [6.45, 7) is 13.6. The zero-order valence-electron chi connectivity index (χ0n) is 41.3. The number of nitrogens with zero attached hydrogens (tertiary/aromatic N) is 2. The summed E-state index contributed by atoms with van der Waals surface area (Å²) in [6, 6.07) is 0.777. The van der Waals surface area contributed by atoms with E-state index in [-0.39, 0.29) is 24.1 Å². The lowest BCUT2D eigenvalue weighted by Gasteiger charge is -2.18. The summed E-state index contributed by atoms with van der Waals surface area (Å²) in [4.78, 5) is 48.3. The summed E-state index contributed by atoms with van der Waals surface area (Å²) >= 11 is 0. The molecular formula is C51H101N3O7. The maximum atomic E-state index is 12.4. The summed E-state index contributed by atoms with van der Waals surface area (Å²) in [7, 11) is 6.04. The lowest BCUT2D eigenvalue weighted by Crippen LogP contribution is -2.27. The Hall–Kier alpha value is -2.04. The number of nitrogens with one attached hydrogen (secondary N) is 1. The second-order valence-electron chi connectivity index (χ2n) is 17.8. The van der Waals surface area contributed by atoms with Gasteiger partial charge in [-0.25, -0.2) is 0 Å². The van der Waals surface area contributed by atoms with Crippen molar-refractivity contribution in [2.24, 2.45) is 0 Å². The maximum absolute atomic E-state index is 12.4. The summed E-state index contributed by atoms with van der Waals surface area (Å²) in [6.07, 6.45) is 37.7. The molecule has 1 aliphatic heterocycles. The highest BCUT2D eigenvalue weighted by molar-refractivity contribution is 5.70. The van der Waals surface area contributed by atoms with Crippen LogP contribution in [0, 0.1) is 0 Å². The Kier molecular flexibility index (Phi) is 49.0. The second-order valence-corrected chi connectivity index (χ2v) is 17.8. The summed E-state index contributed by atoms with van der Waals surface area (Å²) in [5, 5.41) is 3.46. The van der Waals surface area contributed by atoms with Crippen molar-refractivity contribution in [2.45, 2.75) is 251 Å². The van der Waals surface area contributed by atoms with E-state index in [0.717, 1.165) is 109 Å². The predicted molar refractivity (Wildman–Crippen MR) is 256 cm³/mol. The number of carbonyl (C=O) groups excluding carboxylic acids is 4. The van der Waals surface area contributed by atoms with Crippen LogP contribution in [-0.2, 0) is 33.4 Å². The standard InChI is InChI=1S/C28H54N2O4.C14H31N.C9H16O3/c1-5-7-9-12-16-25(17-13-10-8-6-2)33-27(31)18-14-11-15-21-30-23-19-26(24-30)34-28(32)20-22-29(3)4;1-4-6-8-10-12-14(15-3)13-11-9-7-5-2;10-7-5-3-1-2-4-6-8-12-9-11/h25-26H,5-24H2,1-4H3;14-15H,4-13H2,1-3H3;7,9H,1-6,8H2. The molecule has 0 aliphatic carbocycles. The van der Waals surface area contributed by atoms with E-state index >= 15 is 0 Å². The van der Waals surface area contributed by atoms with Crippen LogP contribution in [0.4, 0.5) is 0 Å². The minimum Gasteiger partial charge on any atom is -0.468 e. The van der Waals surface area contributed by atoms with Gasteiger partial charge in [-0.3, -0.25) is 19.3 Å². The number of esters is 2. The molecule has 0 spiro atoms. The SMILES string of the molecule is CCCCCCC(CCCCCC)NC.CCCCCCC(CCCCCC)OC(=O)CCCCCN1CCC(OC(=O)CCN(C)C)C1.O=CCCCCCCCOC=O. The van der Waals surface area contributed by atoms with Crippen LogP contribution in [0.3, 0.4) is 0 Å². The first-order chi connectivity index (χ1) is 29.7. The van der Waals surface area contributed by atoms with Gasteiger partial charge in [-0.05, 0) is 98.3 Å². The molecule has 0 bridgehead atoms. The molecule has 1 atom stereocenters. The molecule has 0 amide bonds. The Labute approximate surface area is 377 Å². The Morgan fingerprint density at radius 1 is 0.656 bits per heavy atom. The highest BCUT2D eigenvalue weighted by Crippen LogP contribution is 2.18. The molecule has 0 aromatic carbocycles. The van der Waals surface area contributed by atoms with Crippen LogP contribution in [-0.4, -0.2) is 107 Å². The van der Waals surface area contributed by atoms with Crippen molar-refractivity contribution in [1.29, 1.82) is 0 Å². The summed E-state index contributed by atoms with van der Waals surface area (Å²) in [5.74, 6) is -0.102. The van der Waals surface area contributed by atoms with E-state index < -0.39 is 0 Å². The Balaban J connectivity index is 0. The van der Waals surface area contributed by atoms with E-state index in [4.69, 9.17) is 9.47 Å². The predicted octanol–water partition coefficient (Wildman–Crippen LogP) is 12.2. The van der Waals surface area contributed by atoms with Gasteiger partial charge in [0, 0.05) is 38.5 Å². The second kappa shape index (κ2) is 49.0. The molecule has 1 heterocycles. The zero-order chi connectivity index (χ0) is 45.4. The average Bonchev–Trinajstić information content (AvgIpc) is 3.70. The van der Waals surface area contributed by atoms with Gasteiger partial charge in [0.05, 0.1) is 13.0 Å². The van der Waals surface area contributed by atoms with Crippen LogP contribution in [0.1, 0.15) is 233 Å². The van der Waals surface area contributed by atoms with E-state index in [9.17, 15) is 19.2 Å².